The lowest BCUT2D eigenvalue weighted by Gasteiger charge is -2.29. The van der Waals surface area contributed by atoms with Crippen LogP contribution in [0, 0.1) is 5.92 Å². The van der Waals surface area contributed by atoms with Gasteiger partial charge in [0.05, 0.1) is 10.6 Å². The zero-order chi connectivity index (χ0) is 13.9. The summed E-state index contributed by atoms with van der Waals surface area (Å²) in [6.45, 7) is 2.73. The van der Waals surface area contributed by atoms with E-state index in [0.717, 1.165) is 43.2 Å². The van der Waals surface area contributed by atoms with E-state index >= 15 is 0 Å². The number of piperidine rings is 1. The summed E-state index contributed by atoms with van der Waals surface area (Å²) in [5.74, 6) is -0.0957. The molecule has 0 spiro atoms. The molecule has 2 N–H and O–H groups in total. The molecule has 1 aliphatic heterocycles. The summed E-state index contributed by atoms with van der Waals surface area (Å²) >= 11 is 3.42. The minimum atomic E-state index is -0.154. The van der Waals surface area contributed by atoms with Crippen LogP contribution in [0.4, 0.5) is 0 Å². The molecule has 1 aliphatic rings. The number of nitrogens with zero attached hydrogens (tertiary/aromatic N) is 2. The molecule has 0 bridgehead atoms. The van der Waals surface area contributed by atoms with Gasteiger partial charge in [-0.25, -0.2) is 4.98 Å². The molecule has 0 radical (unpaired) electrons. The third-order valence-electron chi connectivity index (χ3n) is 3.66. The fourth-order valence-corrected chi connectivity index (χ4v) is 4.12. The second-order valence-electron chi connectivity index (χ2n) is 5.07. The lowest BCUT2D eigenvalue weighted by Crippen LogP contribution is -2.38. The molecule has 1 saturated heterocycles. The summed E-state index contributed by atoms with van der Waals surface area (Å²) in [6.07, 6.45) is 1.74. The third-order valence-corrected chi connectivity index (χ3v) is 5.59. The molecule has 4 nitrogen and oxygen atoms in total. The number of hydrogen-bond donors (Lipinski definition) is 1. The average molecular weight is 307 g/mol. The minimum absolute atomic E-state index is 0.0587. The van der Waals surface area contributed by atoms with Crippen LogP contribution in [0.15, 0.2) is 22.9 Å². The van der Waals surface area contributed by atoms with Crippen molar-refractivity contribution in [2.75, 3.05) is 13.1 Å². The number of aromatic nitrogens is 1. The van der Waals surface area contributed by atoms with Crippen molar-refractivity contribution in [3.8, 4) is 9.88 Å². The summed E-state index contributed by atoms with van der Waals surface area (Å²) in [7, 11) is 0. The van der Waals surface area contributed by atoms with E-state index in [0.29, 0.717) is 0 Å². The quantitative estimate of drug-likeness (QED) is 0.944. The van der Waals surface area contributed by atoms with Gasteiger partial charge in [-0.3, -0.25) is 9.69 Å². The first-order valence-electron chi connectivity index (χ1n) is 6.72. The van der Waals surface area contributed by atoms with Crippen LogP contribution in [-0.4, -0.2) is 28.9 Å². The Labute approximate surface area is 126 Å². The topological polar surface area (TPSA) is 59.2 Å². The van der Waals surface area contributed by atoms with Crippen molar-refractivity contribution in [3.05, 3.63) is 28.6 Å². The van der Waals surface area contributed by atoms with Crippen LogP contribution in [0.5, 0.6) is 0 Å². The van der Waals surface area contributed by atoms with Gasteiger partial charge in [-0.2, -0.15) is 0 Å². The highest BCUT2D eigenvalue weighted by atomic mass is 32.1. The standard InChI is InChI=1S/C14H17N3OS2/c15-13(18)10-3-5-17(6-4-10)8-11-9-20-14(16-11)12-2-1-7-19-12/h1-2,7,9-10H,3-6,8H2,(H2,15,18). The summed E-state index contributed by atoms with van der Waals surface area (Å²) in [4.78, 5) is 19.4. The van der Waals surface area contributed by atoms with Gasteiger partial charge in [0.2, 0.25) is 5.91 Å². The van der Waals surface area contributed by atoms with Gasteiger partial charge in [-0.05, 0) is 37.4 Å². The van der Waals surface area contributed by atoms with E-state index in [9.17, 15) is 4.79 Å². The van der Waals surface area contributed by atoms with Crippen molar-refractivity contribution < 1.29 is 4.79 Å². The normalized spacial score (nSPS) is 17.4. The van der Waals surface area contributed by atoms with Crippen molar-refractivity contribution >= 4 is 28.6 Å². The molecule has 1 fully saturated rings. The number of carbonyl (C=O) groups excluding carboxylic acids is 1. The number of thiazole rings is 1. The molecule has 0 unspecified atom stereocenters. The van der Waals surface area contributed by atoms with E-state index in [4.69, 9.17) is 10.7 Å². The zero-order valence-electron chi connectivity index (χ0n) is 11.1. The van der Waals surface area contributed by atoms with Gasteiger partial charge in [-0.1, -0.05) is 6.07 Å². The molecule has 6 heteroatoms. The SMILES string of the molecule is NC(=O)C1CCN(Cc2csc(-c3cccs3)n2)CC1. The maximum absolute atomic E-state index is 11.1. The molecule has 20 heavy (non-hydrogen) atoms. The fourth-order valence-electron chi connectivity index (χ4n) is 2.50. The van der Waals surface area contributed by atoms with E-state index in [1.807, 2.05) is 0 Å². The maximum Gasteiger partial charge on any atom is 0.220 e. The van der Waals surface area contributed by atoms with Crippen molar-refractivity contribution in [1.82, 2.24) is 9.88 Å². The maximum atomic E-state index is 11.1. The second kappa shape index (κ2) is 6.03. The van der Waals surface area contributed by atoms with Gasteiger partial charge in [0.25, 0.3) is 0 Å². The monoisotopic (exact) mass is 307 g/mol. The highest BCUT2D eigenvalue weighted by Gasteiger charge is 2.23. The summed E-state index contributed by atoms with van der Waals surface area (Å²) in [6, 6.07) is 4.15. The van der Waals surface area contributed by atoms with Gasteiger partial charge in [0, 0.05) is 17.8 Å². The van der Waals surface area contributed by atoms with Crippen molar-refractivity contribution in [3.63, 3.8) is 0 Å². The highest BCUT2D eigenvalue weighted by molar-refractivity contribution is 7.20. The lowest BCUT2D eigenvalue weighted by atomic mass is 9.96. The number of likely N-dealkylation sites (tertiary alicyclic amines) is 1. The van der Waals surface area contributed by atoms with E-state index in [-0.39, 0.29) is 11.8 Å². The van der Waals surface area contributed by atoms with Crippen LogP contribution in [0.2, 0.25) is 0 Å². The second-order valence-corrected chi connectivity index (χ2v) is 6.88. The molecule has 0 atom stereocenters. The Kier molecular flexibility index (Phi) is 4.14. The molecule has 0 aromatic carbocycles. The number of hydrogen-bond acceptors (Lipinski definition) is 5. The summed E-state index contributed by atoms with van der Waals surface area (Å²) < 4.78 is 0. The van der Waals surface area contributed by atoms with Crippen LogP contribution in [0.25, 0.3) is 9.88 Å². The Morgan fingerprint density at radius 3 is 2.85 bits per heavy atom. The first-order chi connectivity index (χ1) is 9.72. The smallest absolute Gasteiger partial charge is 0.220 e. The molecule has 3 rings (SSSR count). The van der Waals surface area contributed by atoms with Crippen LogP contribution >= 0.6 is 22.7 Å². The Morgan fingerprint density at radius 1 is 1.40 bits per heavy atom. The summed E-state index contributed by atoms with van der Waals surface area (Å²) in [5.41, 5.74) is 6.48. The molecule has 2 aromatic rings. The van der Waals surface area contributed by atoms with Gasteiger partial charge in [0.1, 0.15) is 5.01 Å². The molecule has 3 heterocycles. The van der Waals surface area contributed by atoms with Gasteiger partial charge in [-0.15, -0.1) is 22.7 Å². The van der Waals surface area contributed by atoms with Gasteiger partial charge < -0.3 is 5.73 Å². The Balaban J connectivity index is 1.58. The Hall–Kier alpha value is -1.24. The number of carbonyl (C=O) groups is 1. The molecule has 0 aliphatic carbocycles. The predicted octanol–water partition coefficient (Wildman–Crippen LogP) is 2.57. The molecule has 2 aromatic heterocycles. The predicted molar refractivity (Wildman–Crippen MR) is 82.6 cm³/mol. The Bertz CT molecular complexity index is 571. The first kappa shape index (κ1) is 13.7. The first-order valence-corrected chi connectivity index (χ1v) is 8.48. The average Bonchev–Trinajstić information content (AvgIpc) is 3.09. The van der Waals surface area contributed by atoms with E-state index in [2.05, 4.69) is 27.8 Å². The molecule has 1 amide bonds. The number of nitrogens with two attached hydrogens (primary N) is 1. The zero-order valence-corrected chi connectivity index (χ0v) is 12.8. The van der Waals surface area contributed by atoms with E-state index < -0.39 is 0 Å². The van der Waals surface area contributed by atoms with Crippen LogP contribution in [-0.2, 0) is 11.3 Å². The van der Waals surface area contributed by atoms with Crippen LogP contribution < -0.4 is 5.73 Å². The molecular formula is C14H17N3OS2. The third kappa shape index (κ3) is 3.08. The van der Waals surface area contributed by atoms with E-state index in [1.165, 1.54) is 4.88 Å². The number of rotatable bonds is 4. The number of thiophene rings is 1. The summed E-state index contributed by atoms with van der Waals surface area (Å²) in [5, 5.41) is 5.31. The highest BCUT2D eigenvalue weighted by Crippen LogP contribution is 2.28. The van der Waals surface area contributed by atoms with Crippen LogP contribution in [0.3, 0.4) is 0 Å². The van der Waals surface area contributed by atoms with Gasteiger partial charge in [0.15, 0.2) is 0 Å². The largest absolute Gasteiger partial charge is 0.369 e. The van der Waals surface area contributed by atoms with Crippen molar-refractivity contribution in [1.29, 1.82) is 0 Å². The van der Waals surface area contributed by atoms with Gasteiger partial charge >= 0.3 is 0 Å². The van der Waals surface area contributed by atoms with Crippen molar-refractivity contribution in [2.24, 2.45) is 11.7 Å². The fraction of sp³-hybridized carbons (Fsp3) is 0.429. The number of amides is 1. The Morgan fingerprint density at radius 2 is 2.20 bits per heavy atom. The minimum Gasteiger partial charge on any atom is -0.369 e. The van der Waals surface area contributed by atoms with Crippen LogP contribution in [0.1, 0.15) is 18.5 Å². The molecular weight excluding hydrogens is 290 g/mol. The van der Waals surface area contributed by atoms with E-state index in [1.54, 1.807) is 22.7 Å². The van der Waals surface area contributed by atoms with Crippen molar-refractivity contribution in [2.45, 2.75) is 19.4 Å². The molecule has 0 saturated carbocycles. The lowest BCUT2D eigenvalue weighted by molar-refractivity contribution is -0.123. The molecule has 106 valence electrons. The number of primary amides is 1.